The Morgan fingerprint density at radius 3 is 2.24 bits per heavy atom. The molecule has 8 atom stereocenters. The quantitative estimate of drug-likeness (QED) is 0.0553. The van der Waals surface area contributed by atoms with Gasteiger partial charge in [0.25, 0.3) is 0 Å². The first-order chi connectivity index (χ1) is 19.9. The number of nitrogens with two attached hydrogens (primary N) is 1. The van der Waals surface area contributed by atoms with Crippen LogP contribution in [0.2, 0.25) is 0 Å². The fraction of sp³-hybridized carbons (Fsp3) is 0.846. The van der Waals surface area contributed by atoms with Crippen LogP contribution < -0.4 is 16.4 Å². The smallest absolute Gasteiger partial charge is 0.407 e. The number of hydrogen-bond acceptors (Lipinski definition) is 14. The van der Waals surface area contributed by atoms with E-state index in [0.717, 1.165) is 6.92 Å². The van der Waals surface area contributed by atoms with Gasteiger partial charge in [-0.15, -0.1) is 0 Å². The molecule has 0 aromatic carbocycles. The van der Waals surface area contributed by atoms with Gasteiger partial charge < -0.3 is 60.1 Å². The standard InChI is InChI=1S/C26H47N3O13/c1-5-7-18(40-15(3)30)24(41-16(4)31)17(29-20(32)8-6-2)13-38-25-23(35)22(34)21(33)19(42-25)14-39-26(36)28-10-12-37-11-9-27/h17-19,21-25,33-35H,5-14,27H2,1-4H3,(H,28,36)(H,29,32)/t17-,18+,19?,21-,22-,23?,24-,25-/m0/s1. The average Bonchev–Trinajstić information content (AvgIpc) is 2.92. The molecule has 0 spiro atoms. The lowest BCUT2D eigenvalue weighted by Gasteiger charge is -2.41. The topological polar surface area (TPSA) is 234 Å². The van der Waals surface area contributed by atoms with Gasteiger partial charge in [-0.3, -0.25) is 14.4 Å². The summed E-state index contributed by atoms with van der Waals surface area (Å²) in [6.45, 7) is 6.08. The Hall–Kier alpha value is -2.60. The molecule has 1 rings (SSSR count). The lowest BCUT2D eigenvalue weighted by molar-refractivity contribution is -0.303. The molecule has 0 aliphatic carbocycles. The van der Waals surface area contributed by atoms with Crippen LogP contribution >= 0.6 is 0 Å². The molecule has 0 bridgehead atoms. The lowest BCUT2D eigenvalue weighted by Crippen LogP contribution is -2.61. The number of aliphatic hydroxyl groups excluding tert-OH is 3. The summed E-state index contributed by atoms with van der Waals surface area (Å²) < 4.78 is 32.4. The highest BCUT2D eigenvalue weighted by atomic mass is 16.7. The molecule has 16 heteroatoms. The van der Waals surface area contributed by atoms with Crippen LogP contribution in [0.5, 0.6) is 0 Å². The summed E-state index contributed by atoms with van der Waals surface area (Å²) >= 11 is 0. The summed E-state index contributed by atoms with van der Waals surface area (Å²) in [6, 6.07) is -1.06. The van der Waals surface area contributed by atoms with Gasteiger partial charge in [-0.1, -0.05) is 20.3 Å². The van der Waals surface area contributed by atoms with Crippen LogP contribution in [0, 0.1) is 0 Å². The Labute approximate surface area is 245 Å². The number of carbonyl (C=O) groups excluding carboxylic acids is 4. The number of hydrogen-bond donors (Lipinski definition) is 6. The molecule has 244 valence electrons. The van der Waals surface area contributed by atoms with Gasteiger partial charge in [-0.05, 0) is 12.8 Å². The van der Waals surface area contributed by atoms with Crippen LogP contribution in [0.3, 0.4) is 0 Å². The lowest BCUT2D eigenvalue weighted by atomic mass is 9.99. The van der Waals surface area contributed by atoms with Crippen molar-refractivity contribution in [1.29, 1.82) is 0 Å². The van der Waals surface area contributed by atoms with Gasteiger partial charge >= 0.3 is 18.0 Å². The third-order valence-corrected chi connectivity index (χ3v) is 6.04. The van der Waals surface area contributed by atoms with E-state index in [1.165, 1.54) is 6.92 Å². The first-order valence-corrected chi connectivity index (χ1v) is 14.1. The van der Waals surface area contributed by atoms with Crippen LogP contribution in [0.1, 0.15) is 53.4 Å². The second-order valence-electron chi connectivity index (χ2n) is 9.71. The number of aliphatic hydroxyl groups is 3. The first kappa shape index (κ1) is 37.4. The molecule has 0 aromatic heterocycles. The van der Waals surface area contributed by atoms with Crippen molar-refractivity contribution in [1.82, 2.24) is 10.6 Å². The van der Waals surface area contributed by atoms with E-state index in [9.17, 15) is 34.5 Å². The number of carbonyl (C=O) groups is 4. The maximum atomic E-state index is 12.5. The Kier molecular flexibility index (Phi) is 18.1. The van der Waals surface area contributed by atoms with E-state index in [1.54, 1.807) is 6.92 Å². The summed E-state index contributed by atoms with van der Waals surface area (Å²) in [6.07, 6.45) is -9.37. The van der Waals surface area contributed by atoms with Crippen molar-refractivity contribution in [2.24, 2.45) is 5.73 Å². The van der Waals surface area contributed by atoms with Crippen molar-refractivity contribution in [3.63, 3.8) is 0 Å². The summed E-state index contributed by atoms with van der Waals surface area (Å²) in [7, 11) is 0. The number of amides is 2. The van der Waals surface area contributed by atoms with Crippen molar-refractivity contribution in [3.05, 3.63) is 0 Å². The predicted molar refractivity (Wildman–Crippen MR) is 145 cm³/mol. The molecular weight excluding hydrogens is 562 g/mol. The Balaban J connectivity index is 3.01. The summed E-state index contributed by atoms with van der Waals surface area (Å²) in [4.78, 5) is 48.3. The third-order valence-electron chi connectivity index (χ3n) is 6.04. The van der Waals surface area contributed by atoms with Crippen LogP contribution in [0.15, 0.2) is 0 Å². The van der Waals surface area contributed by atoms with Crippen molar-refractivity contribution < 1.29 is 62.9 Å². The molecule has 2 amide bonds. The highest BCUT2D eigenvalue weighted by molar-refractivity contribution is 5.76. The zero-order valence-electron chi connectivity index (χ0n) is 24.7. The molecule has 1 aliphatic heterocycles. The minimum atomic E-state index is -1.74. The van der Waals surface area contributed by atoms with Gasteiger partial charge in [0.2, 0.25) is 5.91 Å². The second-order valence-corrected chi connectivity index (χ2v) is 9.71. The maximum absolute atomic E-state index is 12.5. The summed E-state index contributed by atoms with van der Waals surface area (Å²) in [5.74, 6) is -1.72. The van der Waals surface area contributed by atoms with Crippen LogP contribution in [-0.2, 0) is 42.8 Å². The molecule has 0 saturated carbocycles. The molecule has 0 radical (unpaired) electrons. The van der Waals surface area contributed by atoms with Crippen molar-refractivity contribution in [2.45, 2.75) is 102 Å². The van der Waals surface area contributed by atoms with Crippen molar-refractivity contribution in [3.8, 4) is 0 Å². The van der Waals surface area contributed by atoms with Crippen LogP contribution in [0.25, 0.3) is 0 Å². The molecule has 1 saturated heterocycles. The molecule has 1 heterocycles. The Morgan fingerprint density at radius 1 is 0.952 bits per heavy atom. The van der Waals surface area contributed by atoms with Gasteiger partial charge in [0.1, 0.15) is 37.1 Å². The molecule has 1 fully saturated rings. The predicted octanol–water partition coefficient (Wildman–Crippen LogP) is -1.54. The minimum absolute atomic E-state index is 0.140. The van der Waals surface area contributed by atoms with Crippen LogP contribution in [0.4, 0.5) is 4.79 Å². The van der Waals surface area contributed by atoms with Gasteiger partial charge in [0.15, 0.2) is 12.4 Å². The van der Waals surface area contributed by atoms with E-state index < -0.39 is 86.1 Å². The summed E-state index contributed by atoms with van der Waals surface area (Å²) in [5.41, 5.74) is 5.31. The normalized spacial score (nSPS) is 24.1. The fourth-order valence-electron chi connectivity index (χ4n) is 4.13. The van der Waals surface area contributed by atoms with Gasteiger partial charge in [0, 0.05) is 33.4 Å². The van der Waals surface area contributed by atoms with Gasteiger partial charge in [-0.2, -0.15) is 0 Å². The van der Waals surface area contributed by atoms with Crippen molar-refractivity contribution in [2.75, 3.05) is 39.5 Å². The zero-order valence-corrected chi connectivity index (χ0v) is 24.7. The molecule has 7 N–H and O–H groups in total. The molecule has 16 nitrogen and oxygen atoms in total. The van der Waals surface area contributed by atoms with E-state index in [-0.39, 0.29) is 19.6 Å². The largest absolute Gasteiger partial charge is 0.459 e. The highest BCUT2D eigenvalue weighted by Crippen LogP contribution is 2.24. The zero-order chi connectivity index (χ0) is 31.7. The fourth-order valence-corrected chi connectivity index (χ4v) is 4.13. The average molecular weight is 610 g/mol. The Bertz CT molecular complexity index is 833. The summed E-state index contributed by atoms with van der Waals surface area (Å²) in [5, 5.41) is 36.4. The minimum Gasteiger partial charge on any atom is -0.459 e. The van der Waals surface area contributed by atoms with E-state index >= 15 is 0 Å². The number of esters is 2. The number of rotatable bonds is 19. The van der Waals surface area contributed by atoms with E-state index in [0.29, 0.717) is 32.4 Å². The number of nitrogens with one attached hydrogen (secondary N) is 2. The molecule has 0 aromatic rings. The van der Waals surface area contributed by atoms with E-state index in [4.69, 9.17) is 34.2 Å². The Morgan fingerprint density at radius 2 is 1.64 bits per heavy atom. The van der Waals surface area contributed by atoms with E-state index in [1.807, 2.05) is 6.92 Å². The highest BCUT2D eigenvalue weighted by Gasteiger charge is 2.46. The van der Waals surface area contributed by atoms with Gasteiger partial charge in [-0.25, -0.2) is 4.79 Å². The monoisotopic (exact) mass is 609 g/mol. The SMILES string of the molecule is CCCC(=O)N[C@@H](CO[C@H]1OC(COC(=O)NCCOCCN)[C@H](O)[C@H](O)C1O)[C@H](OC(C)=O)[C@@H](CCC)OC(C)=O. The molecule has 1 aliphatic rings. The number of ether oxygens (including phenoxy) is 6. The molecule has 2 unspecified atom stereocenters. The van der Waals surface area contributed by atoms with Crippen molar-refractivity contribution >= 4 is 23.9 Å². The molecule has 42 heavy (non-hydrogen) atoms. The second kappa shape index (κ2) is 20.3. The maximum Gasteiger partial charge on any atom is 0.407 e. The first-order valence-electron chi connectivity index (χ1n) is 14.1. The van der Waals surface area contributed by atoms with Crippen LogP contribution in [-0.4, -0.2) is 128 Å². The van der Waals surface area contributed by atoms with Gasteiger partial charge in [0.05, 0.1) is 25.9 Å². The number of alkyl carbamates (subject to hydrolysis) is 1. The van der Waals surface area contributed by atoms with E-state index in [2.05, 4.69) is 10.6 Å². The molecular formula is C26H47N3O13. The third kappa shape index (κ3) is 13.6.